The summed E-state index contributed by atoms with van der Waals surface area (Å²) in [6.07, 6.45) is 4.15. The van der Waals surface area contributed by atoms with Crippen LogP contribution in [-0.2, 0) is 12.8 Å². The summed E-state index contributed by atoms with van der Waals surface area (Å²) < 4.78 is 5.38. The van der Waals surface area contributed by atoms with Crippen LogP contribution in [0, 0.1) is 29.6 Å². The first kappa shape index (κ1) is 17.8. The lowest BCUT2D eigenvalue weighted by Crippen LogP contribution is -2.28. The second kappa shape index (κ2) is 6.68. The fraction of sp³-hybridized carbons (Fsp3) is 0.500. The maximum atomic E-state index is 12.4. The van der Waals surface area contributed by atoms with E-state index >= 15 is 0 Å². The van der Waals surface area contributed by atoms with Crippen molar-refractivity contribution in [2.45, 2.75) is 53.4 Å². The van der Waals surface area contributed by atoms with Crippen LogP contribution in [0.4, 0.5) is 5.00 Å². The molecule has 1 N–H and O–H groups in total. The maximum absolute atomic E-state index is 12.4. The lowest BCUT2D eigenvalue weighted by molar-refractivity contribution is 0.0996. The molecule has 1 aliphatic rings. The molecule has 0 aliphatic heterocycles. The number of hydrogen-bond acceptors (Lipinski definition) is 4. The summed E-state index contributed by atoms with van der Waals surface area (Å²) in [6, 6.07) is 5.72. The molecule has 4 nitrogen and oxygen atoms in total. The quantitative estimate of drug-likeness (QED) is 0.807. The van der Waals surface area contributed by atoms with E-state index in [1.165, 1.54) is 4.88 Å². The molecule has 2 heterocycles. The number of nitriles is 1. The molecule has 0 fully saturated rings. The SMILES string of the molecule is CCC(C)(C)[C@H]1CCc2c(sc(NC(=O)c3ccc(C)o3)c2C#N)C1. The standard InChI is InChI=1S/C20H24N2O2S/c1-5-20(3,4)13-7-8-14-15(11-21)19(25-17(14)10-13)22-18(23)16-9-6-12(2)24-16/h6,9,13H,5,7-8,10H2,1-4H3,(H,22,23)/t13-/m0/s1. The summed E-state index contributed by atoms with van der Waals surface area (Å²) in [5, 5.41) is 13.1. The van der Waals surface area contributed by atoms with E-state index in [9.17, 15) is 10.1 Å². The Hall–Kier alpha value is -2.06. The molecule has 1 aliphatic carbocycles. The van der Waals surface area contributed by atoms with E-state index in [4.69, 9.17) is 4.42 Å². The van der Waals surface area contributed by atoms with Gasteiger partial charge in [-0.2, -0.15) is 5.26 Å². The number of hydrogen-bond donors (Lipinski definition) is 1. The number of furan rings is 1. The fourth-order valence-electron chi connectivity index (χ4n) is 3.47. The topological polar surface area (TPSA) is 66.0 Å². The highest BCUT2D eigenvalue weighted by atomic mass is 32.1. The molecule has 3 rings (SSSR count). The van der Waals surface area contributed by atoms with Crippen LogP contribution in [0.5, 0.6) is 0 Å². The molecule has 0 aromatic carbocycles. The van der Waals surface area contributed by atoms with Crippen LogP contribution in [-0.4, -0.2) is 5.91 Å². The van der Waals surface area contributed by atoms with Crippen LogP contribution < -0.4 is 5.32 Å². The molecule has 0 saturated heterocycles. The molecule has 0 spiro atoms. The van der Waals surface area contributed by atoms with Gasteiger partial charge >= 0.3 is 0 Å². The monoisotopic (exact) mass is 356 g/mol. The first-order chi connectivity index (χ1) is 11.9. The number of nitrogens with one attached hydrogen (secondary N) is 1. The van der Waals surface area contributed by atoms with E-state index in [1.807, 2.05) is 0 Å². The van der Waals surface area contributed by atoms with Gasteiger partial charge in [0.25, 0.3) is 5.91 Å². The second-order valence-electron chi connectivity index (χ2n) is 7.47. The summed E-state index contributed by atoms with van der Waals surface area (Å²) in [5.41, 5.74) is 2.05. The highest BCUT2D eigenvalue weighted by molar-refractivity contribution is 7.16. The number of aryl methyl sites for hydroxylation is 1. The van der Waals surface area contributed by atoms with Gasteiger partial charge in [0.2, 0.25) is 0 Å². The Morgan fingerprint density at radius 3 is 2.84 bits per heavy atom. The smallest absolute Gasteiger partial charge is 0.292 e. The molecule has 25 heavy (non-hydrogen) atoms. The highest BCUT2D eigenvalue weighted by Crippen LogP contribution is 2.45. The molecule has 0 unspecified atom stereocenters. The molecule has 0 radical (unpaired) electrons. The van der Waals surface area contributed by atoms with Crippen LogP contribution in [0.3, 0.4) is 0 Å². The number of carbonyl (C=O) groups excluding carboxylic acids is 1. The minimum Gasteiger partial charge on any atom is -0.456 e. The van der Waals surface area contributed by atoms with Crippen LogP contribution in [0.2, 0.25) is 0 Å². The van der Waals surface area contributed by atoms with Gasteiger partial charge in [0.1, 0.15) is 16.8 Å². The number of carbonyl (C=O) groups is 1. The van der Waals surface area contributed by atoms with E-state index in [0.29, 0.717) is 27.7 Å². The Kier molecular flexibility index (Phi) is 4.75. The normalized spacial score (nSPS) is 17.0. The van der Waals surface area contributed by atoms with Crippen LogP contribution >= 0.6 is 11.3 Å². The number of nitrogens with zero attached hydrogens (tertiary/aromatic N) is 1. The molecular formula is C20H24N2O2S. The molecule has 5 heteroatoms. The zero-order chi connectivity index (χ0) is 18.2. The molecular weight excluding hydrogens is 332 g/mol. The van der Waals surface area contributed by atoms with Gasteiger partial charge in [-0.25, -0.2) is 0 Å². The van der Waals surface area contributed by atoms with Gasteiger partial charge in [-0.05, 0) is 55.2 Å². The van der Waals surface area contributed by atoms with Crippen molar-refractivity contribution >= 4 is 22.2 Å². The first-order valence-corrected chi connectivity index (χ1v) is 9.59. The zero-order valence-electron chi connectivity index (χ0n) is 15.2. The third-order valence-corrected chi connectivity index (χ3v) is 6.75. The summed E-state index contributed by atoms with van der Waals surface area (Å²) in [6.45, 7) is 8.69. The molecule has 132 valence electrons. The van der Waals surface area contributed by atoms with Crippen molar-refractivity contribution in [3.8, 4) is 6.07 Å². The van der Waals surface area contributed by atoms with E-state index in [1.54, 1.807) is 30.4 Å². The third-order valence-electron chi connectivity index (χ3n) is 5.58. The molecule has 2 aromatic rings. The van der Waals surface area contributed by atoms with Crippen molar-refractivity contribution in [2.24, 2.45) is 11.3 Å². The maximum Gasteiger partial charge on any atom is 0.292 e. The Labute approximate surface area is 152 Å². The summed E-state index contributed by atoms with van der Waals surface area (Å²) >= 11 is 1.55. The van der Waals surface area contributed by atoms with Crippen molar-refractivity contribution in [2.75, 3.05) is 5.32 Å². The van der Waals surface area contributed by atoms with Gasteiger partial charge in [0, 0.05) is 4.88 Å². The first-order valence-electron chi connectivity index (χ1n) is 8.78. The van der Waals surface area contributed by atoms with E-state index in [0.717, 1.165) is 31.2 Å². The Morgan fingerprint density at radius 1 is 1.48 bits per heavy atom. The molecule has 2 aromatic heterocycles. The zero-order valence-corrected chi connectivity index (χ0v) is 16.0. The van der Waals surface area contributed by atoms with Gasteiger partial charge in [-0.1, -0.05) is 27.2 Å². The molecule has 0 saturated carbocycles. The highest BCUT2D eigenvalue weighted by Gasteiger charge is 2.34. The average Bonchev–Trinajstić information content (AvgIpc) is 3.17. The summed E-state index contributed by atoms with van der Waals surface area (Å²) in [5.74, 6) is 1.29. The predicted octanol–water partition coefficient (Wildman–Crippen LogP) is 5.31. The lowest BCUT2D eigenvalue weighted by atomic mass is 9.69. The average molecular weight is 356 g/mol. The molecule has 0 bridgehead atoms. The molecule has 1 atom stereocenters. The number of anilines is 1. The summed E-state index contributed by atoms with van der Waals surface area (Å²) in [7, 11) is 0. The number of fused-ring (bicyclic) bond motifs is 1. The minimum atomic E-state index is -0.298. The largest absolute Gasteiger partial charge is 0.456 e. The van der Waals surface area contributed by atoms with Crippen LogP contribution in [0.25, 0.3) is 0 Å². The number of amides is 1. The second-order valence-corrected chi connectivity index (χ2v) is 8.57. The Balaban J connectivity index is 1.86. The lowest BCUT2D eigenvalue weighted by Gasteiger charge is -2.36. The van der Waals surface area contributed by atoms with Crippen molar-refractivity contribution in [3.63, 3.8) is 0 Å². The third kappa shape index (κ3) is 3.36. The van der Waals surface area contributed by atoms with Gasteiger partial charge in [-0.3, -0.25) is 4.79 Å². The number of rotatable bonds is 4. The van der Waals surface area contributed by atoms with E-state index in [2.05, 4.69) is 32.2 Å². The van der Waals surface area contributed by atoms with E-state index < -0.39 is 0 Å². The van der Waals surface area contributed by atoms with Gasteiger partial charge < -0.3 is 9.73 Å². The Morgan fingerprint density at radius 2 is 2.24 bits per heavy atom. The van der Waals surface area contributed by atoms with Crippen molar-refractivity contribution in [3.05, 3.63) is 39.7 Å². The summed E-state index contributed by atoms with van der Waals surface area (Å²) in [4.78, 5) is 13.6. The van der Waals surface area contributed by atoms with E-state index in [-0.39, 0.29) is 11.7 Å². The van der Waals surface area contributed by atoms with Crippen molar-refractivity contribution in [1.82, 2.24) is 0 Å². The van der Waals surface area contributed by atoms with Crippen molar-refractivity contribution < 1.29 is 9.21 Å². The fourth-order valence-corrected chi connectivity index (χ4v) is 4.74. The Bertz CT molecular complexity index is 838. The predicted molar refractivity (Wildman–Crippen MR) is 100 cm³/mol. The van der Waals surface area contributed by atoms with Gasteiger partial charge in [0.15, 0.2) is 5.76 Å². The molecule has 1 amide bonds. The van der Waals surface area contributed by atoms with Crippen LogP contribution in [0.15, 0.2) is 16.5 Å². The number of thiophene rings is 1. The van der Waals surface area contributed by atoms with Gasteiger partial charge in [0.05, 0.1) is 5.56 Å². The van der Waals surface area contributed by atoms with Gasteiger partial charge in [-0.15, -0.1) is 11.3 Å². The van der Waals surface area contributed by atoms with Crippen LogP contribution in [0.1, 0.15) is 65.9 Å². The van der Waals surface area contributed by atoms with Crippen molar-refractivity contribution in [1.29, 1.82) is 5.26 Å². The minimum absolute atomic E-state index is 0.276.